The predicted molar refractivity (Wildman–Crippen MR) is 118 cm³/mol. The summed E-state index contributed by atoms with van der Waals surface area (Å²) in [6.07, 6.45) is 3.97. The van der Waals surface area contributed by atoms with Crippen molar-refractivity contribution in [2.24, 2.45) is 0 Å². The highest BCUT2D eigenvalue weighted by Crippen LogP contribution is 2.36. The van der Waals surface area contributed by atoms with Gasteiger partial charge < -0.3 is 19.1 Å². The molecule has 1 atom stereocenters. The number of fused-ring (bicyclic) bond motifs is 2. The molecule has 1 fully saturated rings. The van der Waals surface area contributed by atoms with Crippen LogP contribution >= 0.6 is 0 Å². The highest BCUT2D eigenvalue weighted by molar-refractivity contribution is 5.92. The third-order valence-corrected chi connectivity index (χ3v) is 5.39. The fraction of sp³-hybridized carbons (Fsp3) is 0.304. The second-order valence-corrected chi connectivity index (χ2v) is 7.43. The molecule has 9 heteroatoms. The van der Waals surface area contributed by atoms with Crippen molar-refractivity contribution in [3.8, 4) is 17.4 Å². The summed E-state index contributed by atoms with van der Waals surface area (Å²) in [7, 11) is 1.55. The van der Waals surface area contributed by atoms with Gasteiger partial charge in [0, 0.05) is 24.4 Å². The van der Waals surface area contributed by atoms with Crippen LogP contribution in [0.3, 0.4) is 0 Å². The number of methoxy groups -OCH3 is 1. The Balaban J connectivity index is 1.37. The van der Waals surface area contributed by atoms with Gasteiger partial charge in [-0.3, -0.25) is 0 Å². The number of halogens is 1. The van der Waals surface area contributed by atoms with E-state index >= 15 is 0 Å². The Bertz CT molecular complexity index is 1250. The maximum Gasteiger partial charge on any atom is 0.233 e. The lowest BCUT2D eigenvalue weighted by Crippen LogP contribution is -2.25. The number of rotatable bonds is 7. The van der Waals surface area contributed by atoms with Crippen molar-refractivity contribution in [1.29, 1.82) is 0 Å². The summed E-state index contributed by atoms with van der Waals surface area (Å²) >= 11 is 0. The molecule has 0 bridgehead atoms. The van der Waals surface area contributed by atoms with Gasteiger partial charge in [-0.05, 0) is 18.2 Å². The van der Waals surface area contributed by atoms with E-state index in [1.54, 1.807) is 19.4 Å². The van der Waals surface area contributed by atoms with E-state index in [2.05, 4.69) is 24.8 Å². The summed E-state index contributed by atoms with van der Waals surface area (Å²) in [5.74, 6) is 2.28. The van der Waals surface area contributed by atoms with E-state index < -0.39 is 6.67 Å². The van der Waals surface area contributed by atoms with Crippen LogP contribution in [0.2, 0.25) is 0 Å². The third kappa shape index (κ3) is 3.93. The molecule has 0 unspecified atom stereocenters. The molecule has 0 N–H and O–H groups in total. The Kier molecular flexibility index (Phi) is 5.53. The van der Waals surface area contributed by atoms with Gasteiger partial charge in [0.1, 0.15) is 31.5 Å². The van der Waals surface area contributed by atoms with E-state index in [1.807, 2.05) is 30.3 Å². The third-order valence-electron chi connectivity index (χ3n) is 5.39. The van der Waals surface area contributed by atoms with Crippen LogP contribution in [0.4, 0.5) is 10.2 Å². The molecule has 1 saturated heterocycles. The molecule has 164 valence electrons. The summed E-state index contributed by atoms with van der Waals surface area (Å²) in [5.41, 5.74) is 2.35. The van der Waals surface area contributed by atoms with Crippen LogP contribution in [0, 0.1) is 0 Å². The number of alkyl halides is 1. The van der Waals surface area contributed by atoms with Gasteiger partial charge in [0.15, 0.2) is 11.5 Å². The summed E-state index contributed by atoms with van der Waals surface area (Å²) < 4.78 is 29.6. The first-order valence-electron chi connectivity index (χ1n) is 10.4. The molecule has 4 aromatic rings. The standard InChI is InChI=1S/C23H22FN5O3/c1-30-20-10-16-19(11-21(20)31-9-7-24)26-14-27-23(16)29-8-6-15(13-29)32-22-12-25-17-4-2-3-5-18(17)28-22/h2-5,10-12,14-15H,6-9,13H2,1H3/t15-/m1/s1. The van der Waals surface area contributed by atoms with Crippen LogP contribution in [0.25, 0.3) is 21.9 Å². The van der Waals surface area contributed by atoms with Crippen molar-refractivity contribution in [1.82, 2.24) is 19.9 Å². The van der Waals surface area contributed by atoms with Crippen molar-refractivity contribution in [2.75, 3.05) is 38.4 Å². The molecule has 0 amide bonds. The van der Waals surface area contributed by atoms with Gasteiger partial charge in [0.2, 0.25) is 5.88 Å². The van der Waals surface area contributed by atoms with Crippen LogP contribution in [0.15, 0.2) is 48.9 Å². The highest BCUT2D eigenvalue weighted by Gasteiger charge is 2.27. The molecule has 1 aliphatic rings. The zero-order valence-corrected chi connectivity index (χ0v) is 17.6. The minimum absolute atomic E-state index is 0.0375. The Morgan fingerprint density at radius 3 is 2.78 bits per heavy atom. The van der Waals surface area contributed by atoms with Gasteiger partial charge in [-0.15, -0.1) is 0 Å². The maximum atomic E-state index is 12.5. The topological polar surface area (TPSA) is 82.5 Å². The quantitative estimate of drug-likeness (QED) is 0.436. The SMILES string of the molecule is COc1cc2c(N3CC[C@@H](Oc4cnc5ccccc5n4)C3)ncnc2cc1OCCF. The molecule has 1 aliphatic heterocycles. The zero-order chi connectivity index (χ0) is 21.9. The Morgan fingerprint density at radius 1 is 1.06 bits per heavy atom. The van der Waals surface area contributed by atoms with Crippen LogP contribution in [-0.4, -0.2) is 59.5 Å². The van der Waals surface area contributed by atoms with Gasteiger partial charge in [-0.1, -0.05) is 12.1 Å². The average Bonchev–Trinajstić information content (AvgIpc) is 3.29. The van der Waals surface area contributed by atoms with Gasteiger partial charge in [-0.25, -0.2) is 24.3 Å². The van der Waals surface area contributed by atoms with E-state index in [0.717, 1.165) is 35.2 Å². The number of hydrogen-bond acceptors (Lipinski definition) is 8. The molecule has 0 aliphatic carbocycles. The molecule has 5 rings (SSSR count). The maximum absolute atomic E-state index is 12.5. The van der Waals surface area contributed by atoms with Crippen LogP contribution in [-0.2, 0) is 0 Å². The minimum Gasteiger partial charge on any atom is -0.493 e. The molecule has 32 heavy (non-hydrogen) atoms. The second-order valence-electron chi connectivity index (χ2n) is 7.43. The summed E-state index contributed by atoms with van der Waals surface area (Å²) in [6, 6.07) is 11.3. The van der Waals surface area contributed by atoms with E-state index in [-0.39, 0.29) is 12.7 Å². The van der Waals surface area contributed by atoms with E-state index in [9.17, 15) is 4.39 Å². The first-order chi connectivity index (χ1) is 15.7. The van der Waals surface area contributed by atoms with Crippen molar-refractivity contribution < 1.29 is 18.6 Å². The number of aromatic nitrogens is 4. The van der Waals surface area contributed by atoms with Gasteiger partial charge in [-0.2, -0.15) is 0 Å². The van der Waals surface area contributed by atoms with Gasteiger partial charge in [0.25, 0.3) is 0 Å². The van der Waals surface area contributed by atoms with Crippen molar-refractivity contribution in [3.63, 3.8) is 0 Å². The van der Waals surface area contributed by atoms with Crippen LogP contribution < -0.4 is 19.1 Å². The monoisotopic (exact) mass is 435 g/mol. The molecule has 2 aromatic carbocycles. The fourth-order valence-electron chi connectivity index (χ4n) is 3.91. The van der Waals surface area contributed by atoms with Gasteiger partial charge >= 0.3 is 0 Å². The highest BCUT2D eigenvalue weighted by atomic mass is 19.1. The van der Waals surface area contributed by atoms with E-state index in [4.69, 9.17) is 14.2 Å². The number of anilines is 1. The van der Waals surface area contributed by atoms with Crippen molar-refractivity contribution >= 4 is 27.8 Å². The molecular weight excluding hydrogens is 413 g/mol. The van der Waals surface area contributed by atoms with Crippen molar-refractivity contribution in [3.05, 3.63) is 48.9 Å². The number of hydrogen-bond donors (Lipinski definition) is 0. The first kappa shape index (κ1) is 20.2. The first-order valence-corrected chi connectivity index (χ1v) is 10.4. The molecular formula is C23H22FN5O3. The lowest BCUT2D eigenvalue weighted by Gasteiger charge is -2.20. The van der Waals surface area contributed by atoms with Gasteiger partial charge in [0.05, 0.1) is 36.4 Å². The number of para-hydroxylation sites is 2. The second kappa shape index (κ2) is 8.78. The number of ether oxygens (including phenoxy) is 3. The molecule has 0 radical (unpaired) electrons. The normalized spacial score (nSPS) is 15.9. The zero-order valence-electron chi connectivity index (χ0n) is 17.6. The molecule has 2 aromatic heterocycles. The Morgan fingerprint density at radius 2 is 1.94 bits per heavy atom. The van der Waals surface area contributed by atoms with E-state index in [0.29, 0.717) is 29.4 Å². The summed E-state index contributed by atoms with van der Waals surface area (Å²) in [6.45, 7) is 0.818. The summed E-state index contributed by atoms with van der Waals surface area (Å²) in [5, 5.41) is 0.836. The number of benzene rings is 2. The van der Waals surface area contributed by atoms with E-state index in [1.165, 1.54) is 6.33 Å². The van der Waals surface area contributed by atoms with Crippen LogP contribution in [0.1, 0.15) is 6.42 Å². The Hall–Kier alpha value is -3.75. The lowest BCUT2D eigenvalue weighted by atomic mass is 10.2. The smallest absolute Gasteiger partial charge is 0.233 e. The molecule has 0 saturated carbocycles. The predicted octanol–water partition coefficient (Wildman–Crippen LogP) is 3.59. The van der Waals surface area contributed by atoms with Crippen LogP contribution in [0.5, 0.6) is 17.4 Å². The Labute approximate surface area is 184 Å². The summed E-state index contributed by atoms with van der Waals surface area (Å²) in [4.78, 5) is 20.0. The lowest BCUT2D eigenvalue weighted by molar-refractivity contribution is 0.216. The van der Waals surface area contributed by atoms with Crippen molar-refractivity contribution in [2.45, 2.75) is 12.5 Å². The minimum atomic E-state index is -0.576. The molecule has 0 spiro atoms. The average molecular weight is 435 g/mol. The fourth-order valence-corrected chi connectivity index (χ4v) is 3.91. The largest absolute Gasteiger partial charge is 0.493 e. The molecule has 3 heterocycles. The molecule has 8 nitrogen and oxygen atoms in total. The number of nitrogens with zero attached hydrogens (tertiary/aromatic N) is 5.